The molecule has 2 N–H and O–H groups in total. The topological polar surface area (TPSA) is 67.6 Å². The fourth-order valence-corrected chi connectivity index (χ4v) is 0.798. The molecule has 0 aliphatic carbocycles. The Bertz CT molecular complexity index is 304. The zero-order chi connectivity index (χ0) is 8.27. The zero-order valence-corrected chi connectivity index (χ0v) is 5.99. The SMILES string of the molecule is C=C(N)c1ccnn1CC#N. The maximum absolute atomic E-state index is 8.36. The molecule has 0 unspecified atom stereocenters. The van der Waals surface area contributed by atoms with Gasteiger partial charge in [0.25, 0.3) is 0 Å². The Labute approximate surface area is 64.5 Å². The molecule has 1 rings (SSSR count). The summed E-state index contributed by atoms with van der Waals surface area (Å²) in [5.74, 6) is 0. The fraction of sp³-hybridized carbons (Fsp3) is 0.143. The van der Waals surface area contributed by atoms with Crippen LogP contribution in [0.1, 0.15) is 5.69 Å². The monoisotopic (exact) mass is 148 g/mol. The van der Waals surface area contributed by atoms with Gasteiger partial charge in [-0.1, -0.05) is 6.58 Å². The van der Waals surface area contributed by atoms with Gasteiger partial charge in [-0.2, -0.15) is 10.4 Å². The minimum Gasteiger partial charge on any atom is -0.397 e. The van der Waals surface area contributed by atoms with Crippen LogP contribution in [-0.2, 0) is 6.54 Å². The summed E-state index contributed by atoms with van der Waals surface area (Å²) in [4.78, 5) is 0. The second kappa shape index (κ2) is 2.88. The van der Waals surface area contributed by atoms with Crippen LogP contribution in [0, 0.1) is 11.3 Å². The summed E-state index contributed by atoms with van der Waals surface area (Å²) in [5, 5.41) is 12.2. The maximum atomic E-state index is 8.36. The second-order valence-corrected chi connectivity index (χ2v) is 2.06. The lowest BCUT2D eigenvalue weighted by Gasteiger charge is -2.00. The van der Waals surface area contributed by atoms with Crippen LogP contribution in [0.2, 0.25) is 0 Å². The van der Waals surface area contributed by atoms with E-state index in [4.69, 9.17) is 11.0 Å². The van der Waals surface area contributed by atoms with Gasteiger partial charge < -0.3 is 5.73 Å². The van der Waals surface area contributed by atoms with Gasteiger partial charge in [-0.05, 0) is 6.07 Å². The van der Waals surface area contributed by atoms with Gasteiger partial charge in [-0.25, -0.2) is 4.68 Å². The van der Waals surface area contributed by atoms with Crippen LogP contribution in [-0.4, -0.2) is 9.78 Å². The Morgan fingerprint density at radius 2 is 2.64 bits per heavy atom. The maximum Gasteiger partial charge on any atom is 0.128 e. The van der Waals surface area contributed by atoms with E-state index in [1.807, 2.05) is 6.07 Å². The third-order valence-corrected chi connectivity index (χ3v) is 1.27. The number of rotatable bonds is 2. The molecule has 0 aliphatic rings. The molecule has 0 saturated heterocycles. The minimum atomic E-state index is 0.207. The standard InChI is InChI=1S/C7H8N4/c1-6(9)7-2-4-10-11(7)5-3-8/h2,4H,1,5,9H2. The van der Waals surface area contributed by atoms with Gasteiger partial charge in [0.2, 0.25) is 0 Å². The summed E-state index contributed by atoms with van der Waals surface area (Å²) in [5.41, 5.74) is 6.55. The van der Waals surface area contributed by atoms with Crippen molar-refractivity contribution in [3.63, 3.8) is 0 Å². The summed E-state index contributed by atoms with van der Waals surface area (Å²) in [6.45, 7) is 3.75. The van der Waals surface area contributed by atoms with Crippen molar-refractivity contribution in [3.05, 3.63) is 24.5 Å². The van der Waals surface area contributed by atoms with Gasteiger partial charge in [0, 0.05) is 11.9 Å². The Hall–Kier alpha value is -1.76. The van der Waals surface area contributed by atoms with Crippen molar-refractivity contribution >= 4 is 5.70 Å². The van der Waals surface area contributed by atoms with E-state index in [1.54, 1.807) is 12.3 Å². The predicted octanol–water partition coefficient (Wildman–Crippen LogP) is 0.336. The van der Waals surface area contributed by atoms with Gasteiger partial charge in [0.1, 0.15) is 6.54 Å². The van der Waals surface area contributed by atoms with E-state index in [0.717, 1.165) is 0 Å². The smallest absolute Gasteiger partial charge is 0.128 e. The summed E-state index contributed by atoms with van der Waals surface area (Å²) in [6, 6.07) is 3.69. The number of nitriles is 1. The zero-order valence-electron chi connectivity index (χ0n) is 5.99. The van der Waals surface area contributed by atoms with E-state index in [-0.39, 0.29) is 6.54 Å². The molecule has 1 heterocycles. The largest absolute Gasteiger partial charge is 0.397 e. The molecule has 0 saturated carbocycles. The van der Waals surface area contributed by atoms with Crippen molar-refractivity contribution in [2.75, 3.05) is 0 Å². The summed E-state index contributed by atoms with van der Waals surface area (Å²) in [6.07, 6.45) is 1.59. The number of aromatic nitrogens is 2. The van der Waals surface area contributed by atoms with E-state index < -0.39 is 0 Å². The third-order valence-electron chi connectivity index (χ3n) is 1.27. The molecule has 1 aromatic rings. The van der Waals surface area contributed by atoms with Gasteiger partial charge in [-0.15, -0.1) is 0 Å². The first kappa shape index (κ1) is 7.35. The van der Waals surface area contributed by atoms with Crippen LogP contribution in [0.25, 0.3) is 5.70 Å². The summed E-state index contributed by atoms with van der Waals surface area (Å²) >= 11 is 0. The first-order valence-electron chi connectivity index (χ1n) is 3.09. The van der Waals surface area contributed by atoms with E-state index in [1.165, 1.54) is 4.68 Å². The second-order valence-electron chi connectivity index (χ2n) is 2.06. The molecule has 56 valence electrons. The first-order chi connectivity index (χ1) is 5.25. The van der Waals surface area contributed by atoms with Crippen LogP contribution >= 0.6 is 0 Å². The molecule has 0 radical (unpaired) electrons. The van der Waals surface area contributed by atoms with E-state index in [0.29, 0.717) is 11.4 Å². The molecule has 0 aliphatic heterocycles. The normalized spacial score (nSPS) is 9.00. The van der Waals surface area contributed by atoms with Crippen molar-refractivity contribution in [3.8, 4) is 6.07 Å². The van der Waals surface area contributed by atoms with E-state index in [2.05, 4.69) is 11.7 Å². The summed E-state index contributed by atoms with van der Waals surface area (Å²) < 4.78 is 1.50. The minimum absolute atomic E-state index is 0.207. The Morgan fingerprint density at radius 1 is 1.91 bits per heavy atom. The number of nitrogens with two attached hydrogens (primary N) is 1. The molecule has 0 aromatic carbocycles. The van der Waals surface area contributed by atoms with Crippen molar-refractivity contribution in [2.45, 2.75) is 6.54 Å². The van der Waals surface area contributed by atoms with Crippen molar-refractivity contribution < 1.29 is 0 Å². The van der Waals surface area contributed by atoms with E-state index in [9.17, 15) is 0 Å². The predicted molar refractivity (Wildman–Crippen MR) is 41.1 cm³/mol. The summed E-state index contributed by atoms with van der Waals surface area (Å²) in [7, 11) is 0. The molecule has 11 heavy (non-hydrogen) atoms. The van der Waals surface area contributed by atoms with Gasteiger partial charge in [0.15, 0.2) is 0 Å². The average Bonchev–Trinajstić information content (AvgIpc) is 2.36. The lowest BCUT2D eigenvalue weighted by atomic mass is 10.3. The van der Waals surface area contributed by atoms with Gasteiger partial charge >= 0.3 is 0 Å². The number of hydrogen-bond donors (Lipinski definition) is 1. The van der Waals surface area contributed by atoms with Crippen LogP contribution in [0.5, 0.6) is 0 Å². The number of hydrogen-bond acceptors (Lipinski definition) is 3. The quantitative estimate of drug-likeness (QED) is 0.657. The highest BCUT2D eigenvalue weighted by molar-refractivity contribution is 5.56. The highest BCUT2D eigenvalue weighted by Crippen LogP contribution is 2.04. The molecular formula is C7H8N4. The molecule has 0 bridgehead atoms. The lowest BCUT2D eigenvalue weighted by molar-refractivity contribution is 0.699. The molecule has 0 amide bonds. The fourth-order valence-electron chi connectivity index (χ4n) is 0.798. The number of nitrogens with zero attached hydrogens (tertiary/aromatic N) is 3. The van der Waals surface area contributed by atoms with Gasteiger partial charge in [-0.3, -0.25) is 0 Å². The molecule has 1 aromatic heterocycles. The first-order valence-corrected chi connectivity index (χ1v) is 3.09. The Morgan fingerprint density at radius 3 is 3.18 bits per heavy atom. The van der Waals surface area contributed by atoms with Crippen LogP contribution in [0.15, 0.2) is 18.8 Å². The molecule has 0 atom stereocenters. The molecular weight excluding hydrogens is 140 g/mol. The average molecular weight is 148 g/mol. The molecule has 4 nitrogen and oxygen atoms in total. The Balaban J connectivity index is 2.98. The van der Waals surface area contributed by atoms with Crippen LogP contribution < -0.4 is 5.73 Å². The Kier molecular flexibility index (Phi) is 1.93. The molecule has 0 fully saturated rings. The van der Waals surface area contributed by atoms with E-state index >= 15 is 0 Å². The van der Waals surface area contributed by atoms with Crippen LogP contribution in [0.4, 0.5) is 0 Å². The molecule has 4 heteroatoms. The van der Waals surface area contributed by atoms with Gasteiger partial charge in [0.05, 0.1) is 11.8 Å². The highest BCUT2D eigenvalue weighted by atomic mass is 15.3. The highest BCUT2D eigenvalue weighted by Gasteiger charge is 2.00. The molecule has 0 spiro atoms. The lowest BCUT2D eigenvalue weighted by Crippen LogP contribution is -2.06. The third kappa shape index (κ3) is 1.38. The van der Waals surface area contributed by atoms with Crippen molar-refractivity contribution in [2.24, 2.45) is 5.73 Å². The van der Waals surface area contributed by atoms with Crippen LogP contribution in [0.3, 0.4) is 0 Å². The van der Waals surface area contributed by atoms with Crippen molar-refractivity contribution in [1.29, 1.82) is 5.26 Å². The van der Waals surface area contributed by atoms with Crippen molar-refractivity contribution in [1.82, 2.24) is 9.78 Å².